The zero-order valence-electron chi connectivity index (χ0n) is 11.2. The van der Waals surface area contributed by atoms with Gasteiger partial charge in [0.15, 0.2) is 11.6 Å². The first kappa shape index (κ1) is 14.0. The molecular formula is C14H17FN2OS. The van der Waals surface area contributed by atoms with Crippen molar-refractivity contribution in [2.75, 3.05) is 0 Å². The van der Waals surface area contributed by atoms with Gasteiger partial charge in [0.1, 0.15) is 0 Å². The third-order valence-corrected chi connectivity index (χ3v) is 4.26. The van der Waals surface area contributed by atoms with E-state index in [0.29, 0.717) is 12.1 Å². The fraction of sp³-hybridized carbons (Fsp3) is 0.357. The minimum Gasteiger partial charge on any atom is -0.505 e. The Balaban J connectivity index is 2.06. The van der Waals surface area contributed by atoms with Crippen LogP contribution in [0.3, 0.4) is 0 Å². The first-order chi connectivity index (χ1) is 8.99. The summed E-state index contributed by atoms with van der Waals surface area (Å²) in [5.41, 5.74) is 1.58. The molecule has 2 N–H and O–H groups in total. The summed E-state index contributed by atoms with van der Waals surface area (Å²) < 4.78 is 13.2. The second kappa shape index (κ2) is 5.67. The molecule has 102 valence electrons. The molecule has 3 nitrogen and oxygen atoms in total. The van der Waals surface area contributed by atoms with Crippen molar-refractivity contribution in [2.24, 2.45) is 0 Å². The molecule has 0 aliphatic rings. The van der Waals surface area contributed by atoms with Crippen molar-refractivity contribution in [3.05, 3.63) is 45.2 Å². The van der Waals surface area contributed by atoms with Gasteiger partial charge in [0.05, 0.1) is 10.7 Å². The summed E-state index contributed by atoms with van der Waals surface area (Å²) in [4.78, 5) is 5.56. The molecule has 1 heterocycles. The van der Waals surface area contributed by atoms with Gasteiger partial charge >= 0.3 is 0 Å². The van der Waals surface area contributed by atoms with Crippen LogP contribution in [0.1, 0.15) is 34.1 Å². The van der Waals surface area contributed by atoms with Crippen LogP contribution < -0.4 is 5.32 Å². The minimum absolute atomic E-state index is 0.119. The van der Waals surface area contributed by atoms with Crippen molar-refractivity contribution in [3.8, 4) is 5.75 Å². The Hall–Kier alpha value is -1.46. The fourth-order valence-electron chi connectivity index (χ4n) is 2.01. The van der Waals surface area contributed by atoms with E-state index >= 15 is 0 Å². The van der Waals surface area contributed by atoms with Gasteiger partial charge in [-0.1, -0.05) is 12.1 Å². The number of phenolic OH excluding ortho intramolecular Hbond substituents is 1. The van der Waals surface area contributed by atoms with Crippen LogP contribution in [-0.4, -0.2) is 10.1 Å². The maximum absolute atomic E-state index is 13.2. The van der Waals surface area contributed by atoms with E-state index in [1.807, 2.05) is 20.8 Å². The Morgan fingerprint density at radius 3 is 2.79 bits per heavy atom. The van der Waals surface area contributed by atoms with Gasteiger partial charge in [0, 0.05) is 23.0 Å². The lowest BCUT2D eigenvalue weighted by Crippen LogP contribution is -2.18. The second-order valence-corrected chi connectivity index (χ2v) is 5.77. The smallest absolute Gasteiger partial charge is 0.165 e. The highest BCUT2D eigenvalue weighted by molar-refractivity contribution is 7.11. The molecule has 2 aromatic rings. The van der Waals surface area contributed by atoms with Crippen molar-refractivity contribution in [2.45, 2.75) is 33.4 Å². The molecule has 19 heavy (non-hydrogen) atoms. The fourth-order valence-corrected chi connectivity index (χ4v) is 2.96. The molecule has 0 saturated heterocycles. The van der Waals surface area contributed by atoms with Gasteiger partial charge in [0.25, 0.3) is 0 Å². The van der Waals surface area contributed by atoms with Crippen molar-refractivity contribution in [3.63, 3.8) is 0 Å². The van der Waals surface area contributed by atoms with Gasteiger partial charge in [0.2, 0.25) is 0 Å². The summed E-state index contributed by atoms with van der Waals surface area (Å²) in [5.74, 6) is -0.865. The van der Waals surface area contributed by atoms with E-state index in [-0.39, 0.29) is 11.8 Å². The lowest BCUT2D eigenvalue weighted by atomic mass is 10.1. The summed E-state index contributed by atoms with van der Waals surface area (Å²) >= 11 is 1.65. The van der Waals surface area contributed by atoms with Crippen molar-refractivity contribution < 1.29 is 9.50 Å². The number of aromatic nitrogens is 1. The number of hydrogen-bond donors (Lipinski definition) is 2. The summed E-state index contributed by atoms with van der Waals surface area (Å²) in [6.45, 7) is 6.42. The zero-order chi connectivity index (χ0) is 14.0. The molecule has 0 aliphatic carbocycles. The summed E-state index contributed by atoms with van der Waals surface area (Å²) in [7, 11) is 0. The molecule has 0 saturated carbocycles. The monoisotopic (exact) mass is 280 g/mol. The van der Waals surface area contributed by atoms with Gasteiger partial charge in [-0.05, 0) is 26.8 Å². The van der Waals surface area contributed by atoms with Crippen molar-refractivity contribution in [1.82, 2.24) is 10.3 Å². The Morgan fingerprint density at radius 2 is 2.16 bits per heavy atom. The molecule has 0 fully saturated rings. The summed E-state index contributed by atoms with van der Waals surface area (Å²) in [6, 6.07) is 4.68. The number of hydrogen-bond acceptors (Lipinski definition) is 4. The number of phenols is 1. The Kier molecular flexibility index (Phi) is 4.17. The van der Waals surface area contributed by atoms with Gasteiger partial charge in [-0.2, -0.15) is 0 Å². The predicted molar refractivity (Wildman–Crippen MR) is 74.9 cm³/mol. The summed E-state index contributed by atoms with van der Waals surface area (Å²) in [6.07, 6.45) is 0. The van der Waals surface area contributed by atoms with E-state index in [4.69, 9.17) is 0 Å². The highest BCUT2D eigenvalue weighted by Crippen LogP contribution is 2.26. The Bertz CT molecular complexity index is 583. The summed E-state index contributed by atoms with van der Waals surface area (Å²) in [5, 5.41) is 13.9. The van der Waals surface area contributed by atoms with Gasteiger partial charge in [-0.15, -0.1) is 11.3 Å². The predicted octanol–water partition coefficient (Wildman–Crippen LogP) is 3.46. The quantitative estimate of drug-likeness (QED) is 0.901. The van der Waals surface area contributed by atoms with E-state index in [9.17, 15) is 9.50 Å². The molecule has 0 amide bonds. The molecule has 0 bridgehead atoms. The van der Waals surface area contributed by atoms with E-state index in [0.717, 1.165) is 10.7 Å². The van der Waals surface area contributed by atoms with Gasteiger partial charge < -0.3 is 10.4 Å². The minimum atomic E-state index is -0.586. The number of rotatable bonds is 4. The highest BCUT2D eigenvalue weighted by atomic mass is 32.1. The number of aromatic hydroxyl groups is 1. The number of benzene rings is 1. The molecule has 0 radical (unpaired) electrons. The van der Waals surface area contributed by atoms with Crippen LogP contribution in [0.5, 0.6) is 5.75 Å². The molecule has 1 aromatic carbocycles. The molecular weight excluding hydrogens is 263 g/mol. The molecule has 2 rings (SSSR count). The van der Waals surface area contributed by atoms with E-state index in [1.54, 1.807) is 23.5 Å². The molecule has 5 heteroatoms. The molecule has 1 aromatic heterocycles. The van der Waals surface area contributed by atoms with Crippen LogP contribution in [0.25, 0.3) is 0 Å². The van der Waals surface area contributed by atoms with Crippen molar-refractivity contribution in [1.29, 1.82) is 0 Å². The first-order valence-corrected chi connectivity index (χ1v) is 6.94. The number of aryl methyl sites for hydroxylation is 2. The lowest BCUT2D eigenvalue weighted by molar-refractivity contribution is 0.421. The topological polar surface area (TPSA) is 45.2 Å². The van der Waals surface area contributed by atoms with Gasteiger partial charge in [-0.25, -0.2) is 9.37 Å². The van der Waals surface area contributed by atoms with Crippen LogP contribution in [0, 0.1) is 19.7 Å². The number of para-hydroxylation sites is 1. The number of nitrogens with zero attached hydrogens (tertiary/aromatic N) is 1. The molecule has 1 atom stereocenters. The molecule has 0 aliphatic heterocycles. The van der Waals surface area contributed by atoms with Crippen LogP contribution in [0.15, 0.2) is 18.2 Å². The number of thiazole rings is 1. The third kappa shape index (κ3) is 3.11. The Morgan fingerprint density at radius 1 is 1.42 bits per heavy atom. The Labute approximate surface area is 116 Å². The number of nitrogens with one attached hydrogen (secondary N) is 1. The van der Waals surface area contributed by atoms with E-state index in [2.05, 4.69) is 10.3 Å². The normalized spacial score (nSPS) is 12.6. The van der Waals surface area contributed by atoms with Crippen LogP contribution in [0.4, 0.5) is 4.39 Å². The average molecular weight is 280 g/mol. The highest BCUT2D eigenvalue weighted by Gasteiger charge is 2.13. The molecule has 1 unspecified atom stereocenters. The second-order valence-electron chi connectivity index (χ2n) is 4.53. The third-order valence-electron chi connectivity index (χ3n) is 3.00. The molecule has 0 spiro atoms. The SMILES string of the molecule is Cc1nc(C)c(C(C)NCc2cccc(F)c2O)s1. The number of halogens is 1. The van der Waals surface area contributed by atoms with Gasteiger partial charge in [-0.3, -0.25) is 0 Å². The zero-order valence-corrected chi connectivity index (χ0v) is 12.0. The standard InChI is InChI=1S/C14H17FN2OS/c1-8(14-9(2)17-10(3)19-14)16-7-11-5-4-6-12(15)13(11)18/h4-6,8,16,18H,7H2,1-3H3. The first-order valence-electron chi connectivity index (χ1n) is 6.12. The van der Waals surface area contributed by atoms with Crippen molar-refractivity contribution >= 4 is 11.3 Å². The lowest BCUT2D eigenvalue weighted by Gasteiger charge is -2.13. The van der Waals surface area contributed by atoms with Crippen LogP contribution in [0.2, 0.25) is 0 Å². The maximum atomic E-state index is 13.2. The van der Waals surface area contributed by atoms with E-state index < -0.39 is 5.82 Å². The van der Waals surface area contributed by atoms with E-state index in [1.165, 1.54) is 10.9 Å². The average Bonchev–Trinajstić information content (AvgIpc) is 2.70. The maximum Gasteiger partial charge on any atom is 0.165 e. The van der Waals surface area contributed by atoms with Crippen LogP contribution in [-0.2, 0) is 6.54 Å². The largest absolute Gasteiger partial charge is 0.505 e. The van der Waals surface area contributed by atoms with Crippen LogP contribution >= 0.6 is 11.3 Å².